The van der Waals surface area contributed by atoms with Gasteiger partial charge in [-0.15, -0.1) is 0 Å². The molecule has 0 aliphatic carbocycles. The predicted molar refractivity (Wildman–Crippen MR) is 135 cm³/mol. The van der Waals surface area contributed by atoms with Crippen molar-refractivity contribution < 1.29 is 23.8 Å². The molecule has 0 radical (unpaired) electrons. The van der Waals surface area contributed by atoms with Crippen LogP contribution in [0.3, 0.4) is 0 Å². The summed E-state index contributed by atoms with van der Waals surface area (Å²) in [6.07, 6.45) is 0. The molecule has 8 heteroatoms. The molecule has 1 N–H and O–H groups in total. The van der Waals surface area contributed by atoms with Gasteiger partial charge in [-0.25, -0.2) is 9.78 Å². The number of nitrogens with one attached hydrogen (secondary N) is 1. The number of rotatable bonds is 8. The maximum Gasteiger partial charge on any atom is 0.338 e. The Balaban J connectivity index is 1.67. The molecule has 4 rings (SSSR count). The molecular weight excluding hydrogens is 468 g/mol. The normalized spacial score (nSPS) is 10.6. The average molecular weight is 491 g/mol. The van der Waals surface area contributed by atoms with Crippen LogP contribution in [0.25, 0.3) is 22.2 Å². The Bertz CT molecular complexity index is 1370. The molecule has 7 nitrogen and oxygen atoms in total. The number of nitrogens with zero attached hydrogens (tertiary/aromatic N) is 1. The van der Waals surface area contributed by atoms with Crippen LogP contribution < -0.4 is 14.8 Å². The summed E-state index contributed by atoms with van der Waals surface area (Å²) in [4.78, 5) is 29.5. The number of ether oxygens (including phenoxy) is 3. The Labute approximate surface area is 207 Å². The lowest BCUT2D eigenvalue weighted by molar-refractivity contribution is -0.118. The highest BCUT2D eigenvalue weighted by Crippen LogP contribution is 2.32. The maximum atomic E-state index is 12.5. The van der Waals surface area contributed by atoms with Gasteiger partial charge in [0.1, 0.15) is 11.5 Å². The van der Waals surface area contributed by atoms with Crippen molar-refractivity contribution in [3.8, 4) is 22.8 Å². The van der Waals surface area contributed by atoms with Crippen LogP contribution in [0, 0.1) is 0 Å². The highest BCUT2D eigenvalue weighted by molar-refractivity contribution is 6.30. The van der Waals surface area contributed by atoms with Gasteiger partial charge in [0.2, 0.25) is 0 Å². The number of benzene rings is 3. The molecule has 0 bridgehead atoms. The summed E-state index contributed by atoms with van der Waals surface area (Å²) in [6.45, 7) is 1.76. The molecule has 1 aromatic heterocycles. The van der Waals surface area contributed by atoms with E-state index >= 15 is 0 Å². The van der Waals surface area contributed by atoms with E-state index in [0.29, 0.717) is 44.4 Å². The molecule has 0 aliphatic rings. The monoisotopic (exact) mass is 490 g/mol. The van der Waals surface area contributed by atoms with Crippen molar-refractivity contribution in [2.24, 2.45) is 0 Å². The topological polar surface area (TPSA) is 86.8 Å². The van der Waals surface area contributed by atoms with E-state index in [1.165, 1.54) is 0 Å². The quantitative estimate of drug-likeness (QED) is 0.316. The number of carbonyl (C=O) groups is 2. The number of anilines is 1. The zero-order chi connectivity index (χ0) is 24.8. The largest absolute Gasteiger partial charge is 0.497 e. The van der Waals surface area contributed by atoms with Crippen molar-refractivity contribution in [1.82, 2.24) is 4.98 Å². The van der Waals surface area contributed by atoms with E-state index in [-0.39, 0.29) is 19.1 Å². The van der Waals surface area contributed by atoms with Crippen LogP contribution in [0.4, 0.5) is 5.69 Å². The Morgan fingerprint density at radius 2 is 1.80 bits per heavy atom. The first-order valence-electron chi connectivity index (χ1n) is 10.9. The summed E-state index contributed by atoms with van der Waals surface area (Å²) in [5.74, 6) is 0.302. The Kier molecular flexibility index (Phi) is 7.48. The number of halogens is 1. The van der Waals surface area contributed by atoms with E-state index in [0.717, 1.165) is 5.56 Å². The summed E-state index contributed by atoms with van der Waals surface area (Å²) in [5.41, 5.74) is 3.02. The first kappa shape index (κ1) is 24.0. The molecule has 0 unspecified atom stereocenters. The minimum atomic E-state index is -0.447. The number of hydrogen-bond acceptors (Lipinski definition) is 6. The molecule has 0 fully saturated rings. The van der Waals surface area contributed by atoms with E-state index in [1.807, 2.05) is 24.3 Å². The van der Waals surface area contributed by atoms with Crippen LogP contribution in [-0.2, 0) is 9.53 Å². The van der Waals surface area contributed by atoms with Crippen LogP contribution in [0.2, 0.25) is 5.02 Å². The molecule has 0 atom stereocenters. The minimum absolute atomic E-state index is 0.247. The molecule has 178 valence electrons. The smallest absolute Gasteiger partial charge is 0.338 e. The fourth-order valence-corrected chi connectivity index (χ4v) is 3.59. The van der Waals surface area contributed by atoms with Gasteiger partial charge in [0.15, 0.2) is 6.61 Å². The van der Waals surface area contributed by atoms with E-state index in [4.69, 9.17) is 30.8 Å². The van der Waals surface area contributed by atoms with Crippen molar-refractivity contribution >= 4 is 40.1 Å². The van der Waals surface area contributed by atoms with E-state index in [1.54, 1.807) is 62.6 Å². The summed E-state index contributed by atoms with van der Waals surface area (Å²) in [5, 5.41) is 3.93. The number of aromatic nitrogens is 1. The van der Waals surface area contributed by atoms with Crippen molar-refractivity contribution in [3.05, 3.63) is 83.4 Å². The fraction of sp³-hybridized carbons (Fsp3) is 0.148. The molecule has 3 aromatic carbocycles. The number of hydrogen-bond donors (Lipinski definition) is 1. The second kappa shape index (κ2) is 10.9. The Hall–Kier alpha value is -4.10. The summed E-state index contributed by atoms with van der Waals surface area (Å²) < 4.78 is 16.4. The van der Waals surface area contributed by atoms with Crippen molar-refractivity contribution in [2.75, 3.05) is 25.6 Å². The molecule has 4 aromatic rings. The van der Waals surface area contributed by atoms with Gasteiger partial charge in [-0.2, -0.15) is 0 Å². The zero-order valence-electron chi connectivity index (χ0n) is 19.2. The first-order chi connectivity index (χ1) is 17.0. The third kappa shape index (κ3) is 5.88. The fourth-order valence-electron chi connectivity index (χ4n) is 3.46. The Morgan fingerprint density at radius 1 is 1.00 bits per heavy atom. The Morgan fingerprint density at radius 3 is 2.54 bits per heavy atom. The molecule has 0 spiro atoms. The van der Waals surface area contributed by atoms with Crippen LogP contribution in [0.15, 0.2) is 72.8 Å². The van der Waals surface area contributed by atoms with Crippen molar-refractivity contribution in [1.29, 1.82) is 0 Å². The third-order valence-corrected chi connectivity index (χ3v) is 5.39. The van der Waals surface area contributed by atoms with E-state index in [2.05, 4.69) is 5.32 Å². The lowest BCUT2D eigenvalue weighted by atomic mass is 10.1. The van der Waals surface area contributed by atoms with Gasteiger partial charge in [-0.05, 0) is 61.5 Å². The SMILES string of the molecule is CCOC(=O)c1ccc2nc(-c3cccc(OC)c3)cc(OCC(=O)Nc3ccc(Cl)cc3)c2c1. The number of pyridine rings is 1. The van der Waals surface area contributed by atoms with Crippen LogP contribution in [0.5, 0.6) is 11.5 Å². The number of esters is 1. The lowest BCUT2D eigenvalue weighted by Gasteiger charge is -2.13. The highest BCUT2D eigenvalue weighted by Gasteiger charge is 2.15. The average Bonchev–Trinajstić information content (AvgIpc) is 2.88. The second-order valence-corrected chi connectivity index (χ2v) is 7.97. The summed E-state index contributed by atoms with van der Waals surface area (Å²) in [6, 6.07) is 21.0. The first-order valence-corrected chi connectivity index (χ1v) is 11.3. The van der Waals surface area contributed by atoms with Gasteiger partial charge in [-0.1, -0.05) is 23.7 Å². The number of methoxy groups -OCH3 is 1. The summed E-state index contributed by atoms with van der Waals surface area (Å²) in [7, 11) is 1.59. The molecule has 1 amide bonds. The van der Waals surface area contributed by atoms with E-state index < -0.39 is 5.97 Å². The van der Waals surface area contributed by atoms with E-state index in [9.17, 15) is 9.59 Å². The van der Waals surface area contributed by atoms with Crippen LogP contribution >= 0.6 is 11.6 Å². The number of carbonyl (C=O) groups excluding carboxylic acids is 2. The standard InChI is InChI=1S/C27H23ClN2O5/c1-3-34-27(32)18-7-12-23-22(14-18)25(15-24(30-23)17-5-4-6-21(13-17)33-2)35-16-26(31)29-20-10-8-19(28)9-11-20/h4-15H,3,16H2,1-2H3,(H,29,31). The predicted octanol–water partition coefficient (Wildman–Crippen LogP) is 5.76. The summed E-state index contributed by atoms with van der Waals surface area (Å²) >= 11 is 5.90. The highest BCUT2D eigenvalue weighted by atomic mass is 35.5. The molecule has 0 aliphatic heterocycles. The second-order valence-electron chi connectivity index (χ2n) is 7.53. The molecular formula is C27H23ClN2O5. The molecule has 35 heavy (non-hydrogen) atoms. The van der Waals surface area contributed by atoms with Crippen LogP contribution in [-0.4, -0.2) is 37.2 Å². The van der Waals surface area contributed by atoms with Crippen molar-refractivity contribution in [2.45, 2.75) is 6.92 Å². The van der Waals surface area contributed by atoms with Gasteiger partial charge in [-0.3, -0.25) is 4.79 Å². The molecule has 1 heterocycles. The van der Waals surface area contributed by atoms with Gasteiger partial charge in [0.05, 0.1) is 30.5 Å². The maximum absolute atomic E-state index is 12.5. The van der Waals surface area contributed by atoms with Gasteiger partial charge in [0, 0.05) is 27.7 Å². The molecule has 0 saturated heterocycles. The number of amides is 1. The van der Waals surface area contributed by atoms with Gasteiger partial charge < -0.3 is 19.5 Å². The van der Waals surface area contributed by atoms with Gasteiger partial charge in [0.25, 0.3) is 5.91 Å². The van der Waals surface area contributed by atoms with Crippen molar-refractivity contribution in [3.63, 3.8) is 0 Å². The van der Waals surface area contributed by atoms with Gasteiger partial charge >= 0.3 is 5.97 Å². The molecule has 0 saturated carbocycles. The zero-order valence-corrected chi connectivity index (χ0v) is 20.0. The minimum Gasteiger partial charge on any atom is -0.497 e. The number of fused-ring (bicyclic) bond motifs is 1. The van der Waals surface area contributed by atoms with Crippen LogP contribution in [0.1, 0.15) is 17.3 Å². The third-order valence-electron chi connectivity index (χ3n) is 5.13. The lowest BCUT2D eigenvalue weighted by Crippen LogP contribution is -2.20.